The summed E-state index contributed by atoms with van der Waals surface area (Å²) < 4.78 is 17.9. The SMILES string of the molecule is COc1ccc(CN(C(=O)O)c2ncc(B3OC(C)(C)C(C)(C)O3)s2)cc1. The Labute approximate surface area is 163 Å². The van der Waals surface area contributed by atoms with Crippen LogP contribution in [0.15, 0.2) is 30.5 Å². The summed E-state index contributed by atoms with van der Waals surface area (Å²) in [5.41, 5.74) is -0.0833. The molecule has 1 amide bonds. The van der Waals surface area contributed by atoms with E-state index in [-0.39, 0.29) is 6.54 Å². The van der Waals surface area contributed by atoms with Gasteiger partial charge in [-0.2, -0.15) is 0 Å². The molecule has 1 N–H and O–H groups in total. The number of anilines is 1. The smallest absolute Gasteiger partial charge is 0.497 e. The molecule has 1 aliphatic rings. The minimum Gasteiger partial charge on any atom is -0.497 e. The van der Waals surface area contributed by atoms with E-state index in [0.717, 1.165) is 16.1 Å². The van der Waals surface area contributed by atoms with Gasteiger partial charge in [0, 0.05) is 6.20 Å². The van der Waals surface area contributed by atoms with E-state index in [4.69, 9.17) is 14.0 Å². The molecule has 1 fully saturated rings. The molecule has 1 aromatic heterocycles. The topological polar surface area (TPSA) is 81.1 Å². The summed E-state index contributed by atoms with van der Waals surface area (Å²) in [4.78, 5) is 17.3. The molecule has 7 nitrogen and oxygen atoms in total. The van der Waals surface area contributed by atoms with Gasteiger partial charge in [-0.1, -0.05) is 12.1 Å². The lowest BCUT2D eigenvalue weighted by molar-refractivity contribution is 0.00578. The fraction of sp³-hybridized carbons (Fsp3) is 0.444. The fourth-order valence-electron chi connectivity index (χ4n) is 2.60. The molecule has 0 atom stereocenters. The first-order valence-electron chi connectivity index (χ1n) is 8.58. The number of hydrogen-bond donors (Lipinski definition) is 1. The first kappa shape index (κ1) is 19.7. The summed E-state index contributed by atoms with van der Waals surface area (Å²) in [5.74, 6) is 0.720. The van der Waals surface area contributed by atoms with Crippen molar-refractivity contribution in [2.24, 2.45) is 0 Å². The maximum atomic E-state index is 11.8. The number of carboxylic acid groups (broad SMARTS) is 1. The van der Waals surface area contributed by atoms with E-state index < -0.39 is 24.4 Å². The summed E-state index contributed by atoms with van der Waals surface area (Å²) in [5, 5.41) is 10.0. The van der Waals surface area contributed by atoms with Crippen molar-refractivity contribution in [1.29, 1.82) is 0 Å². The number of methoxy groups -OCH3 is 1. The van der Waals surface area contributed by atoms with Gasteiger partial charge in [-0.15, -0.1) is 11.3 Å². The van der Waals surface area contributed by atoms with Crippen LogP contribution in [0.5, 0.6) is 5.75 Å². The van der Waals surface area contributed by atoms with Crippen LogP contribution >= 0.6 is 11.3 Å². The Morgan fingerprint density at radius 2 is 1.81 bits per heavy atom. The van der Waals surface area contributed by atoms with Crippen molar-refractivity contribution in [1.82, 2.24) is 4.98 Å². The van der Waals surface area contributed by atoms with Crippen molar-refractivity contribution in [3.05, 3.63) is 36.0 Å². The van der Waals surface area contributed by atoms with E-state index in [1.165, 1.54) is 16.2 Å². The van der Waals surface area contributed by atoms with Crippen molar-refractivity contribution in [3.63, 3.8) is 0 Å². The predicted molar refractivity (Wildman–Crippen MR) is 105 cm³/mol. The molecular formula is C18H23BN2O5S. The Bertz CT molecular complexity index is 805. The zero-order chi connectivity index (χ0) is 19.8. The highest BCUT2D eigenvalue weighted by Gasteiger charge is 2.52. The number of hydrogen-bond acceptors (Lipinski definition) is 6. The van der Waals surface area contributed by atoms with E-state index in [1.54, 1.807) is 25.4 Å². The van der Waals surface area contributed by atoms with Crippen molar-refractivity contribution >= 4 is 34.5 Å². The average Bonchev–Trinajstić information content (AvgIpc) is 3.15. The lowest BCUT2D eigenvalue weighted by Crippen LogP contribution is -2.41. The fourth-order valence-corrected chi connectivity index (χ4v) is 3.47. The number of carbonyl (C=O) groups is 1. The van der Waals surface area contributed by atoms with Crippen LogP contribution in [0.2, 0.25) is 0 Å². The second kappa shape index (κ2) is 7.14. The number of amides is 1. The molecule has 2 heterocycles. The molecule has 144 valence electrons. The summed E-state index contributed by atoms with van der Waals surface area (Å²) in [6.07, 6.45) is 0.548. The lowest BCUT2D eigenvalue weighted by Gasteiger charge is -2.32. The Morgan fingerprint density at radius 1 is 1.22 bits per heavy atom. The second-order valence-corrected chi connectivity index (χ2v) is 8.39. The number of rotatable bonds is 5. The van der Waals surface area contributed by atoms with Crippen LogP contribution in [0, 0.1) is 0 Å². The van der Waals surface area contributed by atoms with Gasteiger partial charge in [0.1, 0.15) is 5.75 Å². The Morgan fingerprint density at radius 3 is 2.33 bits per heavy atom. The lowest BCUT2D eigenvalue weighted by atomic mass is 9.89. The Hall–Kier alpha value is -2.10. The van der Waals surface area contributed by atoms with Crippen molar-refractivity contribution in [2.75, 3.05) is 12.0 Å². The first-order chi connectivity index (χ1) is 12.6. The molecule has 27 heavy (non-hydrogen) atoms. The predicted octanol–water partition coefficient (Wildman–Crippen LogP) is 3.14. The molecule has 0 bridgehead atoms. The zero-order valence-corrected chi connectivity index (χ0v) is 16.9. The molecule has 2 aromatic rings. The molecule has 1 aliphatic heterocycles. The standard InChI is InChI=1S/C18H23BN2O5S/c1-17(2)18(3,4)26-19(25-17)14-10-20-15(27-14)21(16(22)23)11-12-6-8-13(24-5)9-7-12/h6-10H,11H2,1-5H3,(H,22,23). The monoisotopic (exact) mass is 390 g/mol. The number of ether oxygens (including phenoxy) is 1. The Kier molecular flexibility index (Phi) is 5.20. The highest BCUT2D eigenvalue weighted by molar-refractivity contribution is 7.25. The molecule has 1 aromatic carbocycles. The van der Waals surface area contributed by atoms with E-state index in [9.17, 15) is 9.90 Å². The molecule has 0 saturated carbocycles. The van der Waals surface area contributed by atoms with Crippen LogP contribution in [0.25, 0.3) is 0 Å². The zero-order valence-electron chi connectivity index (χ0n) is 16.1. The number of benzene rings is 1. The van der Waals surface area contributed by atoms with Crippen molar-refractivity contribution in [2.45, 2.75) is 45.4 Å². The van der Waals surface area contributed by atoms with E-state index >= 15 is 0 Å². The summed E-state index contributed by atoms with van der Waals surface area (Å²) in [7, 11) is 1.03. The second-order valence-electron chi connectivity index (χ2n) is 7.35. The van der Waals surface area contributed by atoms with Gasteiger partial charge in [-0.25, -0.2) is 14.7 Å². The van der Waals surface area contributed by atoms with Gasteiger partial charge in [-0.3, -0.25) is 0 Å². The quantitative estimate of drug-likeness (QED) is 0.791. The highest BCUT2D eigenvalue weighted by atomic mass is 32.1. The van der Waals surface area contributed by atoms with Crippen LogP contribution in [0.4, 0.5) is 9.93 Å². The van der Waals surface area contributed by atoms with Gasteiger partial charge in [0.15, 0.2) is 5.13 Å². The third kappa shape index (κ3) is 3.95. The molecule has 0 spiro atoms. The van der Waals surface area contributed by atoms with E-state index in [2.05, 4.69) is 4.98 Å². The molecule has 0 radical (unpaired) electrons. The minimum absolute atomic E-state index is 0.190. The summed E-state index contributed by atoms with van der Waals surface area (Å²) in [6.45, 7) is 8.09. The van der Waals surface area contributed by atoms with Gasteiger partial charge < -0.3 is 19.2 Å². The first-order valence-corrected chi connectivity index (χ1v) is 9.39. The van der Waals surface area contributed by atoms with Crippen LogP contribution in [-0.2, 0) is 15.9 Å². The molecule has 0 aliphatic carbocycles. The molecule has 1 saturated heterocycles. The number of nitrogens with zero attached hydrogens (tertiary/aromatic N) is 2. The van der Waals surface area contributed by atoms with E-state index in [0.29, 0.717) is 5.13 Å². The largest absolute Gasteiger partial charge is 0.507 e. The number of thiazole rings is 1. The van der Waals surface area contributed by atoms with Gasteiger partial charge in [-0.05, 0) is 45.4 Å². The van der Waals surface area contributed by atoms with Crippen LogP contribution in [0.1, 0.15) is 33.3 Å². The minimum atomic E-state index is -1.07. The highest BCUT2D eigenvalue weighted by Crippen LogP contribution is 2.37. The maximum Gasteiger partial charge on any atom is 0.507 e. The Balaban J connectivity index is 1.79. The van der Waals surface area contributed by atoms with Crippen LogP contribution in [-0.4, -0.2) is 41.6 Å². The van der Waals surface area contributed by atoms with Crippen LogP contribution in [0.3, 0.4) is 0 Å². The van der Waals surface area contributed by atoms with Crippen molar-refractivity contribution < 1.29 is 23.9 Å². The molecule has 3 rings (SSSR count). The van der Waals surface area contributed by atoms with Gasteiger partial charge in [0.25, 0.3) is 0 Å². The average molecular weight is 390 g/mol. The summed E-state index contributed by atoms with van der Waals surface area (Å²) >= 11 is 1.25. The molecule has 0 unspecified atom stereocenters. The third-order valence-corrected chi connectivity index (χ3v) is 6.00. The normalized spacial score (nSPS) is 17.7. The van der Waals surface area contributed by atoms with Gasteiger partial charge >= 0.3 is 13.2 Å². The molecule has 9 heteroatoms. The summed E-state index contributed by atoms with van der Waals surface area (Å²) in [6, 6.07) is 7.26. The van der Waals surface area contributed by atoms with Gasteiger partial charge in [0.2, 0.25) is 0 Å². The molecular weight excluding hydrogens is 367 g/mol. The van der Waals surface area contributed by atoms with E-state index in [1.807, 2.05) is 39.8 Å². The van der Waals surface area contributed by atoms with Gasteiger partial charge in [0.05, 0.1) is 29.6 Å². The maximum absolute atomic E-state index is 11.8. The third-order valence-electron chi connectivity index (χ3n) is 4.96. The number of aromatic nitrogens is 1. The van der Waals surface area contributed by atoms with Crippen molar-refractivity contribution in [3.8, 4) is 5.75 Å². The van der Waals surface area contributed by atoms with Crippen LogP contribution < -0.4 is 14.4 Å².